The Morgan fingerprint density at radius 3 is 2.50 bits per heavy atom. The highest BCUT2D eigenvalue weighted by molar-refractivity contribution is 6.30. The molecule has 2 heterocycles. The van der Waals surface area contributed by atoms with Gasteiger partial charge in [-0.2, -0.15) is 0 Å². The predicted molar refractivity (Wildman–Crippen MR) is 105 cm³/mol. The monoisotopic (exact) mass is 391 g/mol. The Bertz CT molecular complexity index is 1110. The molecular formula is C22H14ClNO4. The van der Waals surface area contributed by atoms with Crippen molar-refractivity contribution in [2.75, 3.05) is 0 Å². The maximum Gasteiger partial charge on any atom is 0.343 e. The van der Waals surface area contributed by atoms with Gasteiger partial charge < -0.3 is 9.47 Å². The lowest BCUT2D eigenvalue weighted by Crippen LogP contribution is -2.09. The van der Waals surface area contributed by atoms with Crippen LogP contribution in [0.3, 0.4) is 0 Å². The summed E-state index contributed by atoms with van der Waals surface area (Å²) < 4.78 is 11.3. The summed E-state index contributed by atoms with van der Waals surface area (Å²) in [5.41, 5.74) is 2.19. The van der Waals surface area contributed by atoms with Crippen LogP contribution in [0.4, 0.5) is 0 Å². The summed E-state index contributed by atoms with van der Waals surface area (Å²) >= 11 is 5.84. The molecule has 28 heavy (non-hydrogen) atoms. The van der Waals surface area contributed by atoms with Gasteiger partial charge in [0.25, 0.3) is 0 Å². The second-order valence-corrected chi connectivity index (χ2v) is 6.62. The number of nitrogens with zero attached hydrogens (tertiary/aromatic N) is 1. The van der Waals surface area contributed by atoms with Gasteiger partial charge in [-0.25, -0.2) is 4.79 Å². The number of carbonyl (C=O) groups excluding carboxylic acids is 2. The van der Waals surface area contributed by atoms with E-state index in [0.29, 0.717) is 33.2 Å². The fraction of sp³-hybridized carbons (Fsp3) is 0.0455. The molecule has 1 aromatic heterocycles. The number of aromatic nitrogens is 1. The van der Waals surface area contributed by atoms with Crippen molar-refractivity contribution >= 4 is 29.4 Å². The van der Waals surface area contributed by atoms with Gasteiger partial charge in [-0.3, -0.25) is 9.78 Å². The summed E-state index contributed by atoms with van der Waals surface area (Å²) in [6.45, 7) is 1.74. The van der Waals surface area contributed by atoms with Gasteiger partial charge in [0.15, 0.2) is 5.76 Å². The van der Waals surface area contributed by atoms with E-state index >= 15 is 0 Å². The molecule has 0 saturated heterocycles. The number of fused-ring (bicyclic) bond motifs is 1. The Kier molecular flexibility index (Phi) is 4.67. The summed E-state index contributed by atoms with van der Waals surface area (Å²) in [5.74, 6) is 0.205. The molecule has 4 rings (SSSR count). The zero-order valence-corrected chi connectivity index (χ0v) is 15.6. The van der Waals surface area contributed by atoms with Crippen molar-refractivity contribution in [3.05, 3.63) is 94.0 Å². The molecule has 138 valence electrons. The second-order valence-electron chi connectivity index (χ2n) is 6.18. The first-order valence-corrected chi connectivity index (χ1v) is 8.86. The number of hydrogen-bond donors (Lipinski definition) is 0. The molecule has 0 amide bonds. The van der Waals surface area contributed by atoms with Crippen molar-refractivity contribution in [2.24, 2.45) is 0 Å². The number of esters is 1. The first-order chi connectivity index (χ1) is 13.5. The van der Waals surface area contributed by atoms with Gasteiger partial charge in [0.05, 0.1) is 11.1 Å². The van der Waals surface area contributed by atoms with Crippen molar-refractivity contribution in [1.29, 1.82) is 0 Å². The number of pyridine rings is 1. The SMILES string of the molecule is Cc1c(OC(=O)c2ccc(Cl)cc2)ccc2c1O/C(=C\c1ccncc1)C2=O. The number of carbonyl (C=O) groups is 2. The molecule has 0 N–H and O–H groups in total. The Morgan fingerprint density at radius 2 is 1.79 bits per heavy atom. The van der Waals surface area contributed by atoms with E-state index in [9.17, 15) is 9.59 Å². The van der Waals surface area contributed by atoms with Crippen LogP contribution in [0, 0.1) is 6.92 Å². The molecule has 3 aromatic rings. The van der Waals surface area contributed by atoms with Gasteiger partial charge in [0, 0.05) is 23.0 Å². The molecule has 0 fully saturated rings. The van der Waals surface area contributed by atoms with Gasteiger partial charge >= 0.3 is 5.97 Å². The van der Waals surface area contributed by atoms with Crippen LogP contribution in [0.2, 0.25) is 5.02 Å². The Balaban J connectivity index is 1.61. The van der Waals surface area contributed by atoms with E-state index in [1.54, 1.807) is 73.9 Å². The molecule has 1 aliphatic heterocycles. The molecule has 0 aliphatic carbocycles. The van der Waals surface area contributed by atoms with Crippen molar-refractivity contribution in [1.82, 2.24) is 4.98 Å². The lowest BCUT2D eigenvalue weighted by molar-refractivity contribution is 0.0733. The minimum absolute atomic E-state index is 0.213. The van der Waals surface area contributed by atoms with Gasteiger partial charge in [0.2, 0.25) is 5.78 Å². The zero-order chi connectivity index (χ0) is 19.7. The smallest absolute Gasteiger partial charge is 0.343 e. The normalized spacial score (nSPS) is 13.9. The first kappa shape index (κ1) is 17.9. The van der Waals surface area contributed by atoms with Gasteiger partial charge in [-0.1, -0.05) is 11.6 Å². The van der Waals surface area contributed by atoms with Crippen molar-refractivity contribution in [3.63, 3.8) is 0 Å². The Hall–Kier alpha value is -3.44. The predicted octanol–water partition coefficient (Wildman–Crippen LogP) is 4.88. The fourth-order valence-corrected chi connectivity index (χ4v) is 2.96. The largest absolute Gasteiger partial charge is 0.452 e. The second kappa shape index (κ2) is 7.29. The number of ether oxygens (including phenoxy) is 2. The minimum Gasteiger partial charge on any atom is -0.452 e. The number of rotatable bonds is 3. The van der Waals surface area contributed by atoms with Crippen molar-refractivity contribution in [3.8, 4) is 11.5 Å². The summed E-state index contributed by atoms with van der Waals surface area (Å²) in [6, 6.07) is 13.2. The first-order valence-electron chi connectivity index (χ1n) is 8.48. The molecule has 6 heteroatoms. The van der Waals surface area contributed by atoms with Crippen molar-refractivity contribution in [2.45, 2.75) is 6.92 Å². The number of hydrogen-bond acceptors (Lipinski definition) is 5. The molecule has 5 nitrogen and oxygen atoms in total. The molecular weight excluding hydrogens is 378 g/mol. The third kappa shape index (κ3) is 3.40. The Morgan fingerprint density at radius 1 is 1.07 bits per heavy atom. The average Bonchev–Trinajstić information content (AvgIpc) is 3.02. The lowest BCUT2D eigenvalue weighted by atomic mass is 10.1. The molecule has 0 bridgehead atoms. The number of Topliss-reactive ketones (excluding diaryl/α,β-unsaturated/α-hetero) is 1. The van der Waals surface area contributed by atoms with E-state index in [-0.39, 0.29) is 11.5 Å². The highest BCUT2D eigenvalue weighted by Gasteiger charge is 2.30. The zero-order valence-electron chi connectivity index (χ0n) is 14.8. The van der Waals surface area contributed by atoms with Crippen LogP contribution in [-0.4, -0.2) is 16.7 Å². The van der Waals surface area contributed by atoms with Gasteiger partial charge in [-0.15, -0.1) is 0 Å². The maximum atomic E-state index is 12.6. The molecule has 0 spiro atoms. The molecule has 1 aliphatic rings. The third-order valence-electron chi connectivity index (χ3n) is 4.32. The summed E-state index contributed by atoms with van der Waals surface area (Å²) in [4.78, 5) is 28.9. The Labute approximate surface area is 166 Å². The number of benzene rings is 2. The van der Waals surface area contributed by atoms with E-state index < -0.39 is 5.97 Å². The van der Waals surface area contributed by atoms with Crippen molar-refractivity contribution < 1.29 is 19.1 Å². The quantitative estimate of drug-likeness (QED) is 0.361. The average molecular weight is 392 g/mol. The molecule has 2 aromatic carbocycles. The highest BCUT2D eigenvalue weighted by atomic mass is 35.5. The minimum atomic E-state index is -0.517. The molecule has 0 unspecified atom stereocenters. The van der Waals surface area contributed by atoms with E-state index in [4.69, 9.17) is 21.1 Å². The van der Waals surface area contributed by atoms with E-state index in [1.165, 1.54) is 0 Å². The molecule has 0 saturated carbocycles. The third-order valence-corrected chi connectivity index (χ3v) is 4.58. The standard InChI is InChI=1S/C22H14ClNO4/c1-13-18(28-22(26)15-2-4-16(23)5-3-15)7-6-17-20(25)19(27-21(13)17)12-14-8-10-24-11-9-14/h2-12H,1H3/b19-12-. The number of halogens is 1. The number of ketones is 1. The van der Waals surface area contributed by atoms with Gasteiger partial charge in [0.1, 0.15) is 11.5 Å². The van der Waals surface area contributed by atoms with Crippen LogP contribution in [0.25, 0.3) is 6.08 Å². The summed E-state index contributed by atoms with van der Waals surface area (Å²) in [7, 11) is 0. The summed E-state index contributed by atoms with van der Waals surface area (Å²) in [5, 5.41) is 0.533. The van der Waals surface area contributed by atoms with Crippen LogP contribution in [0.5, 0.6) is 11.5 Å². The van der Waals surface area contributed by atoms with Crippen LogP contribution in [0.15, 0.2) is 66.7 Å². The van der Waals surface area contributed by atoms with Gasteiger partial charge in [-0.05, 0) is 67.1 Å². The topological polar surface area (TPSA) is 65.5 Å². The molecule has 0 atom stereocenters. The molecule has 0 radical (unpaired) electrons. The highest BCUT2D eigenvalue weighted by Crippen LogP contribution is 2.39. The van der Waals surface area contributed by atoms with Crippen LogP contribution in [0.1, 0.15) is 31.8 Å². The van der Waals surface area contributed by atoms with Crippen LogP contribution < -0.4 is 9.47 Å². The maximum absolute atomic E-state index is 12.6. The lowest BCUT2D eigenvalue weighted by Gasteiger charge is -2.10. The van der Waals surface area contributed by atoms with E-state index in [0.717, 1.165) is 5.56 Å². The number of allylic oxidation sites excluding steroid dienone is 1. The van der Waals surface area contributed by atoms with Crippen LogP contribution in [-0.2, 0) is 0 Å². The van der Waals surface area contributed by atoms with E-state index in [1.807, 2.05) is 0 Å². The summed E-state index contributed by atoms with van der Waals surface area (Å²) in [6.07, 6.45) is 4.93. The van der Waals surface area contributed by atoms with Crippen LogP contribution >= 0.6 is 11.6 Å². The van der Waals surface area contributed by atoms with E-state index in [2.05, 4.69) is 4.98 Å². The fourth-order valence-electron chi connectivity index (χ4n) is 2.83.